The second kappa shape index (κ2) is 9.62. The largest absolute Gasteiger partial charge is 0.492 e. The van der Waals surface area contributed by atoms with Crippen LogP contribution in [-0.4, -0.2) is 28.9 Å². The zero-order valence-corrected chi connectivity index (χ0v) is 21.7. The number of fused-ring (bicyclic) bond motifs is 1. The van der Waals surface area contributed by atoms with Crippen molar-refractivity contribution in [1.82, 2.24) is 5.16 Å². The summed E-state index contributed by atoms with van der Waals surface area (Å²) >= 11 is 0. The molecular weight excluding hydrogens is 496 g/mol. The van der Waals surface area contributed by atoms with E-state index in [-0.39, 0.29) is 0 Å². The monoisotopic (exact) mass is 524 g/mol. The summed E-state index contributed by atoms with van der Waals surface area (Å²) in [5, 5.41) is 16.5. The van der Waals surface area contributed by atoms with Gasteiger partial charge in [0.25, 0.3) is 0 Å². The molecule has 0 spiro atoms. The first-order valence-electron chi connectivity index (χ1n) is 13.0. The molecule has 3 aromatic carbocycles. The van der Waals surface area contributed by atoms with Gasteiger partial charge in [0.15, 0.2) is 5.76 Å². The Hall–Kier alpha value is -4.59. The maximum Gasteiger partial charge on any atom is 0.412 e. The number of carbonyl (C=O) groups is 2. The summed E-state index contributed by atoms with van der Waals surface area (Å²) in [6.45, 7) is 4.09. The third kappa shape index (κ3) is 4.41. The molecule has 6 rings (SSSR count). The molecule has 2 aliphatic rings. The number of amides is 1. The van der Waals surface area contributed by atoms with Gasteiger partial charge < -0.3 is 19.1 Å². The molecule has 1 unspecified atom stereocenters. The Labute approximate surface area is 225 Å². The van der Waals surface area contributed by atoms with E-state index >= 15 is 0 Å². The quantitative estimate of drug-likeness (QED) is 0.277. The molecule has 4 aromatic rings. The Kier molecular flexibility index (Phi) is 6.10. The van der Waals surface area contributed by atoms with E-state index in [4.69, 9.17) is 14.0 Å². The number of carboxylic acid groups (broad SMARTS) is 1. The van der Waals surface area contributed by atoms with Crippen LogP contribution in [0.25, 0.3) is 22.5 Å². The lowest BCUT2D eigenvalue weighted by molar-refractivity contribution is -0.140. The summed E-state index contributed by atoms with van der Waals surface area (Å²) in [6, 6.07) is 21.2. The van der Waals surface area contributed by atoms with E-state index in [1.807, 2.05) is 73.7 Å². The van der Waals surface area contributed by atoms with Crippen molar-refractivity contribution < 1.29 is 28.7 Å². The molecule has 1 fully saturated rings. The average molecular weight is 525 g/mol. The number of hydrogen-bond donors (Lipinski definition) is 2. The number of carboxylic acids is 1. The number of anilines is 1. The van der Waals surface area contributed by atoms with Crippen LogP contribution in [-0.2, 0) is 21.4 Å². The molecule has 1 aliphatic heterocycles. The lowest BCUT2D eigenvalue weighted by Crippen LogP contribution is -2.19. The average Bonchev–Trinajstić information content (AvgIpc) is 3.49. The van der Waals surface area contributed by atoms with Crippen molar-refractivity contribution in [2.45, 2.75) is 44.6 Å². The zero-order valence-electron chi connectivity index (χ0n) is 21.7. The van der Waals surface area contributed by atoms with Gasteiger partial charge >= 0.3 is 12.1 Å². The molecular formula is C31H28N2O6. The molecule has 8 heteroatoms. The fourth-order valence-corrected chi connectivity index (χ4v) is 5.25. The standard InChI is InChI=1S/C31H28N2O6/c1-18-26(32-30(36)38-19(2)20-6-4-3-5-7-20)28(39-33-18)25-13-12-23(24-14-17-37-27(24)25)21-8-10-22(11-9-21)31(15-16-31)29(34)35/h3-13,19H,14-17H2,1-2H3,(H,32,36)(H,34,35). The van der Waals surface area contributed by atoms with Gasteiger partial charge in [0.1, 0.15) is 23.2 Å². The fourth-order valence-electron chi connectivity index (χ4n) is 5.25. The lowest BCUT2D eigenvalue weighted by atomic mass is 9.91. The van der Waals surface area contributed by atoms with Crippen molar-refractivity contribution in [1.29, 1.82) is 0 Å². The van der Waals surface area contributed by atoms with Gasteiger partial charge in [0.2, 0.25) is 0 Å². The summed E-state index contributed by atoms with van der Waals surface area (Å²) in [6.07, 6.45) is 1.02. The minimum Gasteiger partial charge on any atom is -0.492 e. The molecule has 1 atom stereocenters. The Bertz CT molecular complexity index is 1550. The van der Waals surface area contributed by atoms with Crippen molar-refractivity contribution in [3.05, 3.63) is 89.1 Å². The predicted molar refractivity (Wildman–Crippen MR) is 145 cm³/mol. The minimum absolute atomic E-state index is 0.397. The zero-order chi connectivity index (χ0) is 27.1. The Morgan fingerprint density at radius 2 is 1.74 bits per heavy atom. The molecule has 8 nitrogen and oxygen atoms in total. The summed E-state index contributed by atoms with van der Waals surface area (Å²) < 4.78 is 17.3. The number of rotatable bonds is 7. The summed E-state index contributed by atoms with van der Waals surface area (Å²) in [5.74, 6) is 0.319. The Morgan fingerprint density at radius 3 is 2.44 bits per heavy atom. The number of nitrogens with one attached hydrogen (secondary N) is 1. The van der Waals surface area contributed by atoms with Crippen LogP contribution < -0.4 is 10.1 Å². The van der Waals surface area contributed by atoms with E-state index in [1.54, 1.807) is 6.92 Å². The van der Waals surface area contributed by atoms with E-state index in [2.05, 4.69) is 10.5 Å². The molecule has 2 N–H and O–H groups in total. The SMILES string of the molecule is Cc1noc(-c2ccc(-c3ccc(C4(C(=O)O)CC4)cc3)c3c2OCC3)c1NC(=O)OC(C)c1ccccc1. The smallest absolute Gasteiger partial charge is 0.412 e. The van der Waals surface area contributed by atoms with Gasteiger partial charge in [-0.05, 0) is 55.0 Å². The van der Waals surface area contributed by atoms with Crippen LogP contribution in [0.3, 0.4) is 0 Å². The van der Waals surface area contributed by atoms with Gasteiger partial charge in [0, 0.05) is 12.0 Å². The fraction of sp³-hybridized carbons (Fsp3) is 0.258. The Morgan fingerprint density at radius 1 is 1.03 bits per heavy atom. The Balaban J connectivity index is 1.27. The van der Waals surface area contributed by atoms with Crippen molar-refractivity contribution in [2.75, 3.05) is 11.9 Å². The lowest BCUT2D eigenvalue weighted by Gasteiger charge is -2.15. The summed E-state index contributed by atoms with van der Waals surface area (Å²) in [7, 11) is 0. The summed E-state index contributed by atoms with van der Waals surface area (Å²) in [5.41, 5.74) is 5.66. The second-order valence-electron chi connectivity index (χ2n) is 10.1. The number of benzene rings is 3. The topological polar surface area (TPSA) is 111 Å². The molecule has 1 aromatic heterocycles. The van der Waals surface area contributed by atoms with Crippen LogP contribution in [0.15, 0.2) is 71.3 Å². The number of ether oxygens (including phenoxy) is 2. The van der Waals surface area contributed by atoms with Crippen molar-refractivity contribution >= 4 is 17.7 Å². The van der Waals surface area contributed by atoms with Gasteiger partial charge in [-0.25, -0.2) is 4.79 Å². The van der Waals surface area contributed by atoms with Gasteiger partial charge in [-0.15, -0.1) is 0 Å². The molecule has 198 valence electrons. The van der Waals surface area contributed by atoms with Gasteiger partial charge in [0.05, 0.1) is 17.6 Å². The summed E-state index contributed by atoms with van der Waals surface area (Å²) in [4.78, 5) is 24.5. The van der Waals surface area contributed by atoms with Crippen LogP contribution in [0.2, 0.25) is 0 Å². The molecule has 0 radical (unpaired) electrons. The van der Waals surface area contributed by atoms with Gasteiger partial charge in [-0.1, -0.05) is 65.8 Å². The minimum atomic E-state index is -0.765. The normalized spacial score (nSPS) is 15.6. The third-order valence-corrected chi connectivity index (χ3v) is 7.65. The van der Waals surface area contributed by atoms with Crippen molar-refractivity contribution in [3.63, 3.8) is 0 Å². The number of carbonyl (C=O) groups excluding carboxylic acids is 1. The van der Waals surface area contributed by atoms with Crippen LogP contribution in [0.1, 0.15) is 48.3 Å². The highest BCUT2D eigenvalue weighted by atomic mass is 16.6. The maximum absolute atomic E-state index is 12.8. The van der Waals surface area contributed by atoms with E-state index in [0.717, 1.165) is 27.8 Å². The van der Waals surface area contributed by atoms with E-state index < -0.39 is 23.6 Å². The maximum atomic E-state index is 12.8. The van der Waals surface area contributed by atoms with Crippen molar-refractivity contribution in [3.8, 4) is 28.2 Å². The van der Waals surface area contributed by atoms with Crippen LogP contribution in [0.5, 0.6) is 5.75 Å². The highest BCUT2D eigenvalue weighted by Gasteiger charge is 2.51. The molecule has 1 saturated carbocycles. The van der Waals surface area contributed by atoms with Crippen molar-refractivity contribution in [2.24, 2.45) is 0 Å². The molecule has 39 heavy (non-hydrogen) atoms. The van der Waals surface area contributed by atoms with Crippen LogP contribution in [0.4, 0.5) is 10.5 Å². The van der Waals surface area contributed by atoms with Gasteiger partial charge in [-0.3, -0.25) is 10.1 Å². The van der Waals surface area contributed by atoms with Gasteiger partial charge in [-0.2, -0.15) is 0 Å². The van der Waals surface area contributed by atoms with E-state index in [1.165, 1.54) is 0 Å². The molecule has 0 saturated heterocycles. The molecule has 1 amide bonds. The molecule has 2 heterocycles. The predicted octanol–water partition coefficient (Wildman–Crippen LogP) is 6.68. The highest BCUT2D eigenvalue weighted by molar-refractivity contribution is 5.93. The second-order valence-corrected chi connectivity index (χ2v) is 10.1. The highest BCUT2D eigenvalue weighted by Crippen LogP contribution is 2.49. The van der Waals surface area contributed by atoms with Crippen LogP contribution in [0, 0.1) is 6.92 Å². The first-order valence-corrected chi connectivity index (χ1v) is 13.0. The number of aliphatic carboxylic acids is 1. The molecule has 1 aliphatic carbocycles. The van der Waals surface area contributed by atoms with E-state index in [9.17, 15) is 14.7 Å². The number of aryl methyl sites for hydroxylation is 1. The van der Waals surface area contributed by atoms with Crippen LogP contribution >= 0.6 is 0 Å². The molecule has 0 bridgehead atoms. The number of aromatic nitrogens is 1. The number of hydrogen-bond acceptors (Lipinski definition) is 6. The first-order chi connectivity index (χ1) is 18.9. The number of nitrogens with zero attached hydrogens (tertiary/aromatic N) is 1. The third-order valence-electron chi connectivity index (χ3n) is 7.65. The first kappa shape index (κ1) is 24.7. The van der Waals surface area contributed by atoms with E-state index in [0.29, 0.717) is 54.3 Å².